The van der Waals surface area contributed by atoms with E-state index >= 15 is 0 Å². The van der Waals surface area contributed by atoms with Gasteiger partial charge in [0.25, 0.3) is 0 Å². The van der Waals surface area contributed by atoms with E-state index in [0.29, 0.717) is 6.54 Å². The zero-order valence-electron chi connectivity index (χ0n) is 7.39. The molecule has 0 heterocycles. The van der Waals surface area contributed by atoms with Gasteiger partial charge in [-0.1, -0.05) is 12.1 Å². The first-order valence-electron chi connectivity index (χ1n) is 4.49. The van der Waals surface area contributed by atoms with Crippen molar-refractivity contribution in [2.45, 2.75) is 12.8 Å². The SMILES string of the molecule is NCCC1=CCc2ccc(F)cc21. The van der Waals surface area contributed by atoms with Crippen molar-refractivity contribution in [2.24, 2.45) is 5.73 Å². The molecule has 1 nitrogen and oxygen atoms in total. The predicted molar refractivity (Wildman–Crippen MR) is 51.8 cm³/mol. The second-order valence-corrected chi connectivity index (χ2v) is 3.27. The fourth-order valence-corrected chi connectivity index (χ4v) is 1.76. The third-order valence-corrected chi connectivity index (χ3v) is 2.40. The van der Waals surface area contributed by atoms with E-state index < -0.39 is 0 Å². The fourth-order valence-electron chi connectivity index (χ4n) is 1.76. The van der Waals surface area contributed by atoms with E-state index in [4.69, 9.17) is 5.73 Å². The Kier molecular flexibility index (Phi) is 2.15. The van der Waals surface area contributed by atoms with Crippen LogP contribution in [0.2, 0.25) is 0 Å². The van der Waals surface area contributed by atoms with Crippen molar-refractivity contribution in [1.29, 1.82) is 0 Å². The number of fused-ring (bicyclic) bond motifs is 1. The summed E-state index contributed by atoms with van der Waals surface area (Å²) in [6.45, 7) is 0.627. The molecule has 68 valence electrons. The summed E-state index contributed by atoms with van der Waals surface area (Å²) in [6, 6.07) is 4.96. The van der Waals surface area contributed by atoms with Gasteiger partial charge in [0.05, 0.1) is 0 Å². The average molecular weight is 177 g/mol. The van der Waals surface area contributed by atoms with Gasteiger partial charge in [-0.05, 0) is 48.2 Å². The average Bonchev–Trinajstić information content (AvgIpc) is 2.49. The molecule has 0 unspecified atom stereocenters. The van der Waals surface area contributed by atoms with Crippen molar-refractivity contribution in [3.63, 3.8) is 0 Å². The molecule has 2 N–H and O–H groups in total. The predicted octanol–water partition coefficient (Wildman–Crippen LogP) is 2.11. The largest absolute Gasteiger partial charge is 0.330 e. The van der Waals surface area contributed by atoms with Crippen LogP contribution in [-0.4, -0.2) is 6.54 Å². The maximum atomic E-state index is 12.9. The van der Waals surface area contributed by atoms with Crippen LogP contribution in [-0.2, 0) is 6.42 Å². The highest BCUT2D eigenvalue weighted by Gasteiger charge is 2.13. The highest BCUT2D eigenvalue weighted by Crippen LogP contribution is 2.29. The van der Waals surface area contributed by atoms with E-state index in [-0.39, 0.29) is 5.82 Å². The first-order chi connectivity index (χ1) is 6.31. The monoisotopic (exact) mass is 177 g/mol. The minimum atomic E-state index is -0.163. The molecule has 0 saturated heterocycles. The van der Waals surface area contributed by atoms with Gasteiger partial charge in [-0.2, -0.15) is 0 Å². The minimum absolute atomic E-state index is 0.163. The smallest absolute Gasteiger partial charge is 0.123 e. The van der Waals surface area contributed by atoms with Gasteiger partial charge in [0.15, 0.2) is 0 Å². The van der Waals surface area contributed by atoms with Crippen molar-refractivity contribution in [2.75, 3.05) is 6.54 Å². The van der Waals surface area contributed by atoms with E-state index in [1.54, 1.807) is 6.07 Å². The summed E-state index contributed by atoms with van der Waals surface area (Å²) in [5.41, 5.74) is 8.92. The van der Waals surface area contributed by atoms with Gasteiger partial charge in [-0.25, -0.2) is 4.39 Å². The van der Waals surface area contributed by atoms with Crippen LogP contribution in [0.4, 0.5) is 4.39 Å². The van der Waals surface area contributed by atoms with Crippen LogP contribution < -0.4 is 5.73 Å². The molecule has 0 saturated carbocycles. The van der Waals surface area contributed by atoms with Crippen molar-refractivity contribution >= 4 is 5.57 Å². The molecule has 1 aromatic rings. The van der Waals surface area contributed by atoms with Crippen LogP contribution in [0.1, 0.15) is 17.5 Å². The molecule has 0 fully saturated rings. The van der Waals surface area contributed by atoms with E-state index in [1.165, 1.54) is 17.2 Å². The van der Waals surface area contributed by atoms with Crippen molar-refractivity contribution in [3.8, 4) is 0 Å². The lowest BCUT2D eigenvalue weighted by Crippen LogP contribution is -1.99. The standard InChI is InChI=1S/C11H12FN/c12-10-4-3-8-1-2-9(5-6-13)11(8)7-10/h2-4,7H,1,5-6,13H2. The third-order valence-electron chi connectivity index (χ3n) is 2.40. The number of benzene rings is 1. The lowest BCUT2D eigenvalue weighted by atomic mass is 10.0. The molecule has 13 heavy (non-hydrogen) atoms. The Morgan fingerprint density at radius 1 is 1.38 bits per heavy atom. The Morgan fingerprint density at radius 2 is 2.23 bits per heavy atom. The van der Waals surface area contributed by atoms with Crippen LogP contribution in [0.5, 0.6) is 0 Å². The molecule has 2 rings (SSSR count). The summed E-state index contributed by atoms with van der Waals surface area (Å²) in [4.78, 5) is 0. The highest BCUT2D eigenvalue weighted by atomic mass is 19.1. The van der Waals surface area contributed by atoms with Crippen molar-refractivity contribution < 1.29 is 4.39 Å². The molecule has 0 amide bonds. The second-order valence-electron chi connectivity index (χ2n) is 3.27. The van der Waals surface area contributed by atoms with Crippen LogP contribution in [0.15, 0.2) is 24.3 Å². The Labute approximate surface area is 77.1 Å². The number of hydrogen-bond acceptors (Lipinski definition) is 1. The Hall–Kier alpha value is -1.15. The molecule has 1 aromatic carbocycles. The Bertz CT molecular complexity index is 355. The summed E-state index contributed by atoms with van der Waals surface area (Å²) in [5, 5.41) is 0. The Morgan fingerprint density at radius 3 is 3.00 bits per heavy atom. The van der Waals surface area contributed by atoms with Crippen LogP contribution >= 0.6 is 0 Å². The van der Waals surface area contributed by atoms with E-state index in [0.717, 1.165) is 18.4 Å². The van der Waals surface area contributed by atoms with Gasteiger partial charge < -0.3 is 5.73 Å². The molecule has 0 aromatic heterocycles. The number of halogens is 1. The van der Waals surface area contributed by atoms with Crippen molar-refractivity contribution in [3.05, 3.63) is 41.2 Å². The first-order valence-corrected chi connectivity index (χ1v) is 4.49. The number of rotatable bonds is 2. The van der Waals surface area contributed by atoms with Gasteiger partial charge in [-0.15, -0.1) is 0 Å². The summed E-state index contributed by atoms with van der Waals surface area (Å²) < 4.78 is 12.9. The molecule has 0 spiro atoms. The molecule has 0 aliphatic heterocycles. The Balaban J connectivity index is 2.36. The second kappa shape index (κ2) is 3.30. The first kappa shape index (κ1) is 8.45. The highest BCUT2D eigenvalue weighted by molar-refractivity contribution is 5.73. The molecular formula is C11H12FN. The fraction of sp³-hybridized carbons (Fsp3) is 0.273. The normalized spacial score (nSPS) is 14.2. The zero-order valence-corrected chi connectivity index (χ0v) is 7.39. The topological polar surface area (TPSA) is 26.0 Å². The summed E-state index contributed by atoms with van der Waals surface area (Å²) >= 11 is 0. The maximum Gasteiger partial charge on any atom is 0.123 e. The van der Waals surface area contributed by atoms with Crippen LogP contribution in [0.25, 0.3) is 5.57 Å². The summed E-state index contributed by atoms with van der Waals surface area (Å²) in [5.74, 6) is -0.163. The van der Waals surface area contributed by atoms with Crippen LogP contribution in [0, 0.1) is 5.82 Å². The van der Waals surface area contributed by atoms with Gasteiger partial charge in [0.2, 0.25) is 0 Å². The van der Waals surface area contributed by atoms with Gasteiger partial charge >= 0.3 is 0 Å². The van der Waals surface area contributed by atoms with Crippen molar-refractivity contribution in [1.82, 2.24) is 0 Å². The molecule has 2 heteroatoms. The van der Waals surface area contributed by atoms with Gasteiger partial charge in [0.1, 0.15) is 5.82 Å². The third kappa shape index (κ3) is 1.49. The van der Waals surface area contributed by atoms with Crippen LogP contribution in [0.3, 0.4) is 0 Å². The summed E-state index contributed by atoms with van der Waals surface area (Å²) in [6.07, 6.45) is 3.90. The molecular weight excluding hydrogens is 165 g/mol. The molecule has 0 radical (unpaired) electrons. The lowest BCUT2D eigenvalue weighted by molar-refractivity contribution is 0.627. The molecule has 0 atom stereocenters. The summed E-state index contributed by atoms with van der Waals surface area (Å²) in [7, 11) is 0. The maximum absolute atomic E-state index is 12.9. The molecule has 1 aliphatic carbocycles. The lowest BCUT2D eigenvalue weighted by Gasteiger charge is -2.03. The quantitative estimate of drug-likeness (QED) is 0.735. The van der Waals surface area contributed by atoms with E-state index in [9.17, 15) is 4.39 Å². The van der Waals surface area contributed by atoms with Gasteiger partial charge in [-0.3, -0.25) is 0 Å². The molecule has 0 bridgehead atoms. The number of nitrogens with two attached hydrogens (primary N) is 1. The van der Waals surface area contributed by atoms with E-state index in [2.05, 4.69) is 6.08 Å². The molecule has 1 aliphatic rings. The minimum Gasteiger partial charge on any atom is -0.330 e. The number of hydrogen-bond donors (Lipinski definition) is 1. The number of allylic oxidation sites excluding steroid dienone is 1. The van der Waals surface area contributed by atoms with E-state index in [1.807, 2.05) is 6.07 Å². The van der Waals surface area contributed by atoms with Gasteiger partial charge in [0, 0.05) is 0 Å². The zero-order chi connectivity index (χ0) is 9.26.